The Kier molecular flexibility index (Phi) is 8.05. The number of aromatic nitrogens is 1. The van der Waals surface area contributed by atoms with E-state index in [2.05, 4.69) is 30.2 Å². The van der Waals surface area contributed by atoms with Crippen LogP contribution >= 0.6 is 11.6 Å². The lowest BCUT2D eigenvalue weighted by Gasteiger charge is -2.28. The van der Waals surface area contributed by atoms with Gasteiger partial charge in [0.2, 0.25) is 0 Å². The van der Waals surface area contributed by atoms with Crippen LogP contribution in [0.3, 0.4) is 0 Å². The molecule has 6 heteroatoms. The van der Waals surface area contributed by atoms with Crippen molar-refractivity contribution >= 4 is 11.6 Å². The van der Waals surface area contributed by atoms with Gasteiger partial charge in [0.25, 0.3) is 0 Å². The zero-order valence-corrected chi connectivity index (χ0v) is 16.5. The summed E-state index contributed by atoms with van der Waals surface area (Å²) in [5, 5.41) is 23.1. The van der Waals surface area contributed by atoms with E-state index in [9.17, 15) is 5.11 Å². The van der Waals surface area contributed by atoms with Crippen molar-refractivity contribution in [2.75, 3.05) is 13.2 Å². The maximum atomic E-state index is 10.2. The van der Waals surface area contributed by atoms with Crippen LogP contribution in [0.15, 0.2) is 42.7 Å². The number of aryl methyl sites for hydroxylation is 1. The van der Waals surface area contributed by atoms with Gasteiger partial charge in [-0.3, -0.25) is 4.98 Å². The zero-order valence-electron chi connectivity index (χ0n) is 15.8. The molecule has 0 aliphatic heterocycles. The molecule has 0 bridgehead atoms. The Morgan fingerprint density at radius 2 is 2.15 bits per heavy atom. The number of rotatable bonds is 10. The summed E-state index contributed by atoms with van der Waals surface area (Å²) < 4.78 is 5.57. The number of pyridine rings is 1. The number of ether oxygens (including phenoxy) is 1. The van der Waals surface area contributed by atoms with Gasteiger partial charge in [0.15, 0.2) is 0 Å². The van der Waals surface area contributed by atoms with Crippen LogP contribution < -0.4 is 10.1 Å². The van der Waals surface area contributed by atoms with Crippen molar-refractivity contribution in [1.29, 1.82) is 5.26 Å². The molecule has 1 atom stereocenters. The van der Waals surface area contributed by atoms with E-state index < -0.39 is 6.10 Å². The largest absolute Gasteiger partial charge is 0.489 e. The van der Waals surface area contributed by atoms with E-state index in [1.807, 2.05) is 18.3 Å². The topological polar surface area (TPSA) is 78.2 Å². The summed E-state index contributed by atoms with van der Waals surface area (Å²) in [4.78, 5) is 4.13. The van der Waals surface area contributed by atoms with Gasteiger partial charge in [-0.1, -0.05) is 23.7 Å². The molecule has 1 aromatic heterocycles. The van der Waals surface area contributed by atoms with Crippen molar-refractivity contribution in [3.8, 4) is 11.8 Å². The van der Waals surface area contributed by atoms with Crippen molar-refractivity contribution in [1.82, 2.24) is 10.3 Å². The van der Waals surface area contributed by atoms with Crippen molar-refractivity contribution < 1.29 is 9.84 Å². The van der Waals surface area contributed by atoms with Crippen LogP contribution in [0.25, 0.3) is 0 Å². The first kappa shape index (κ1) is 21.2. The fraction of sp³-hybridized carbons (Fsp3) is 0.429. The third-order valence-electron chi connectivity index (χ3n) is 4.32. The molecular weight excluding hydrogens is 362 g/mol. The van der Waals surface area contributed by atoms with E-state index in [1.165, 1.54) is 5.56 Å². The number of aliphatic hydroxyl groups excluding tert-OH is 1. The van der Waals surface area contributed by atoms with E-state index in [4.69, 9.17) is 21.6 Å². The first-order valence-corrected chi connectivity index (χ1v) is 9.42. The Bertz CT molecular complexity index is 760. The van der Waals surface area contributed by atoms with Crippen LogP contribution in [-0.2, 0) is 6.42 Å². The molecular formula is C21H26ClN3O2. The lowest BCUT2D eigenvalue weighted by molar-refractivity contribution is 0.0978. The monoisotopic (exact) mass is 387 g/mol. The Hall–Kier alpha value is -2.13. The third kappa shape index (κ3) is 7.18. The number of benzene rings is 1. The Labute approximate surface area is 166 Å². The maximum absolute atomic E-state index is 10.2. The number of halogens is 1. The third-order valence-corrected chi connectivity index (χ3v) is 4.64. The second-order valence-electron chi connectivity index (χ2n) is 7.17. The predicted molar refractivity (Wildman–Crippen MR) is 107 cm³/mol. The SMILES string of the molecule is CC(C)(CCCc1cccnc1)NCC(O)COc1cccc(Cl)c1C#N. The Balaban J connectivity index is 1.73. The van der Waals surface area contributed by atoms with E-state index in [-0.39, 0.29) is 17.7 Å². The first-order chi connectivity index (χ1) is 12.9. The highest BCUT2D eigenvalue weighted by Gasteiger charge is 2.19. The average Bonchev–Trinajstić information content (AvgIpc) is 2.65. The Morgan fingerprint density at radius 1 is 1.33 bits per heavy atom. The molecule has 1 unspecified atom stereocenters. The molecule has 0 fully saturated rings. The second-order valence-corrected chi connectivity index (χ2v) is 7.58. The van der Waals surface area contributed by atoms with Crippen LogP contribution in [-0.4, -0.2) is 34.9 Å². The molecule has 0 radical (unpaired) electrons. The fourth-order valence-corrected chi connectivity index (χ4v) is 2.95. The summed E-state index contributed by atoms with van der Waals surface area (Å²) in [6.07, 6.45) is 5.98. The minimum Gasteiger partial charge on any atom is -0.489 e. The number of nitriles is 1. The zero-order chi connectivity index (χ0) is 19.7. The summed E-state index contributed by atoms with van der Waals surface area (Å²) in [6, 6.07) is 11.1. The predicted octanol–water partition coefficient (Wildman–Crippen LogP) is 3.74. The average molecular weight is 388 g/mol. The molecule has 0 saturated heterocycles. The van der Waals surface area contributed by atoms with Gasteiger partial charge in [0.05, 0.1) is 5.02 Å². The molecule has 0 aliphatic rings. The van der Waals surface area contributed by atoms with Crippen LogP contribution in [0.5, 0.6) is 5.75 Å². The molecule has 0 aliphatic carbocycles. The van der Waals surface area contributed by atoms with Gasteiger partial charge >= 0.3 is 0 Å². The molecule has 144 valence electrons. The molecule has 2 rings (SSSR count). The standard InChI is InChI=1S/C21H26ClN3O2/c1-21(2,10-4-6-16-7-5-11-24-13-16)25-14-17(26)15-27-20-9-3-8-19(22)18(20)12-23/h3,5,7-9,11,13,17,25-26H,4,6,10,14-15H2,1-2H3. The molecule has 1 heterocycles. The van der Waals surface area contributed by atoms with Crippen LogP contribution in [0.1, 0.15) is 37.8 Å². The molecule has 27 heavy (non-hydrogen) atoms. The molecule has 0 spiro atoms. The number of hydrogen-bond donors (Lipinski definition) is 2. The van der Waals surface area contributed by atoms with Gasteiger partial charge in [0, 0.05) is 24.5 Å². The molecule has 0 amide bonds. The van der Waals surface area contributed by atoms with E-state index in [1.54, 1.807) is 24.4 Å². The minimum absolute atomic E-state index is 0.0911. The summed E-state index contributed by atoms with van der Waals surface area (Å²) in [7, 11) is 0. The second kappa shape index (κ2) is 10.3. The highest BCUT2D eigenvalue weighted by Crippen LogP contribution is 2.25. The lowest BCUT2D eigenvalue weighted by Crippen LogP contribution is -2.44. The van der Waals surface area contributed by atoms with Crippen LogP contribution in [0.2, 0.25) is 5.02 Å². The minimum atomic E-state index is -0.687. The van der Waals surface area contributed by atoms with Crippen molar-refractivity contribution in [2.24, 2.45) is 0 Å². The lowest BCUT2D eigenvalue weighted by atomic mass is 9.95. The fourth-order valence-electron chi connectivity index (χ4n) is 2.74. The van der Waals surface area contributed by atoms with Crippen molar-refractivity contribution in [2.45, 2.75) is 44.8 Å². The van der Waals surface area contributed by atoms with E-state index in [0.717, 1.165) is 19.3 Å². The van der Waals surface area contributed by atoms with Crippen LogP contribution in [0.4, 0.5) is 0 Å². The van der Waals surface area contributed by atoms with E-state index >= 15 is 0 Å². The highest BCUT2D eigenvalue weighted by atomic mass is 35.5. The summed E-state index contributed by atoms with van der Waals surface area (Å²) in [6.45, 7) is 4.74. The Morgan fingerprint density at radius 3 is 2.85 bits per heavy atom. The molecule has 2 aromatic rings. The number of hydrogen-bond acceptors (Lipinski definition) is 5. The normalized spacial score (nSPS) is 12.4. The molecule has 2 N–H and O–H groups in total. The van der Waals surface area contributed by atoms with Gasteiger partial charge in [-0.05, 0) is 56.9 Å². The summed E-state index contributed by atoms with van der Waals surface area (Å²) in [5.41, 5.74) is 1.42. The smallest absolute Gasteiger partial charge is 0.138 e. The van der Waals surface area contributed by atoms with Crippen molar-refractivity contribution in [3.63, 3.8) is 0 Å². The highest BCUT2D eigenvalue weighted by molar-refractivity contribution is 6.31. The van der Waals surface area contributed by atoms with Gasteiger partial charge in [-0.2, -0.15) is 5.26 Å². The number of nitrogens with zero attached hydrogens (tertiary/aromatic N) is 2. The van der Waals surface area contributed by atoms with Crippen LogP contribution in [0, 0.1) is 11.3 Å². The van der Waals surface area contributed by atoms with Gasteiger partial charge < -0.3 is 15.2 Å². The number of nitrogens with one attached hydrogen (secondary N) is 1. The molecule has 5 nitrogen and oxygen atoms in total. The van der Waals surface area contributed by atoms with E-state index in [0.29, 0.717) is 17.3 Å². The first-order valence-electron chi connectivity index (χ1n) is 9.05. The maximum Gasteiger partial charge on any atom is 0.138 e. The number of aliphatic hydroxyl groups is 1. The number of β-amino-alcohol motifs (C(OH)–C–C–N with tert-alkyl or cyclic N) is 1. The van der Waals surface area contributed by atoms with Crippen molar-refractivity contribution in [3.05, 3.63) is 58.9 Å². The van der Waals surface area contributed by atoms with Gasteiger partial charge in [0.1, 0.15) is 30.1 Å². The van der Waals surface area contributed by atoms with Gasteiger partial charge in [-0.25, -0.2) is 0 Å². The molecule has 0 saturated carbocycles. The summed E-state index contributed by atoms with van der Waals surface area (Å²) in [5.74, 6) is 0.389. The quantitative estimate of drug-likeness (QED) is 0.649. The van der Waals surface area contributed by atoms with Gasteiger partial charge in [-0.15, -0.1) is 0 Å². The molecule has 1 aromatic carbocycles. The summed E-state index contributed by atoms with van der Waals surface area (Å²) >= 11 is 5.98.